The van der Waals surface area contributed by atoms with E-state index in [0.29, 0.717) is 16.3 Å². The summed E-state index contributed by atoms with van der Waals surface area (Å²) in [5.74, 6) is -2.12. The van der Waals surface area contributed by atoms with E-state index < -0.39 is 44.9 Å². The smallest absolute Gasteiger partial charge is 0.339 e. The normalized spacial score (nSPS) is 20.1. The fraction of sp³-hybridized carbons (Fsp3) is 0.103. The van der Waals surface area contributed by atoms with Gasteiger partial charge in [-0.1, -0.05) is 48.0 Å². The molecule has 6 rings (SSSR count). The molecule has 0 bridgehead atoms. The number of rotatable bonds is 7. The Kier molecular flexibility index (Phi) is 6.89. The largest absolute Gasteiger partial charge is 0.379 e. The number of amides is 2. The van der Waals surface area contributed by atoms with E-state index in [-0.39, 0.29) is 22.0 Å². The third kappa shape index (κ3) is 4.85. The molecule has 4 aromatic rings. The highest BCUT2D eigenvalue weighted by Gasteiger charge is 2.60. The van der Waals surface area contributed by atoms with Gasteiger partial charge in [0.05, 0.1) is 22.3 Å². The van der Waals surface area contributed by atoms with Crippen molar-refractivity contribution in [2.45, 2.75) is 17.0 Å². The van der Waals surface area contributed by atoms with Crippen LogP contribution in [-0.2, 0) is 24.5 Å². The number of non-ortho nitro benzene ring substituents is 1. The van der Waals surface area contributed by atoms with Crippen LogP contribution in [0, 0.1) is 16.0 Å². The Morgan fingerprint density at radius 1 is 0.833 bits per heavy atom. The second-order valence-electron chi connectivity index (χ2n) is 9.51. The van der Waals surface area contributed by atoms with Crippen molar-refractivity contribution in [1.29, 1.82) is 0 Å². The lowest BCUT2D eigenvalue weighted by atomic mass is 9.90. The van der Waals surface area contributed by atoms with Crippen LogP contribution in [0.5, 0.6) is 5.75 Å². The van der Waals surface area contributed by atoms with Crippen LogP contribution in [0.4, 0.5) is 17.1 Å². The average molecular weight is 606 g/mol. The lowest BCUT2D eigenvalue weighted by molar-refractivity contribution is -0.384. The molecule has 0 spiro atoms. The highest BCUT2D eigenvalue weighted by atomic mass is 35.5. The Morgan fingerprint density at radius 2 is 1.52 bits per heavy atom. The van der Waals surface area contributed by atoms with Gasteiger partial charge in [-0.2, -0.15) is 8.42 Å². The molecule has 0 aromatic heterocycles. The number of hydrogen-bond donors (Lipinski definition) is 0. The number of imide groups is 1. The number of hydroxylamine groups is 1. The molecular formula is C29H20ClN3O8S. The predicted molar refractivity (Wildman–Crippen MR) is 151 cm³/mol. The monoisotopic (exact) mass is 605 g/mol. The first kappa shape index (κ1) is 27.4. The number of benzene rings is 4. The van der Waals surface area contributed by atoms with Crippen LogP contribution in [0.3, 0.4) is 0 Å². The van der Waals surface area contributed by atoms with Crippen LogP contribution in [0.2, 0.25) is 5.02 Å². The molecule has 2 heterocycles. The number of carbonyl (C=O) groups is 2. The van der Waals surface area contributed by atoms with Crippen molar-refractivity contribution in [3.8, 4) is 5.75 Å². The molecule has 11 nitrogen and oxygen atoms in total. The molecular weight excluding hydrogens is 586 g/mol. The Hall–Kier alpha value is -4.78. The van der Waals surface area contributed by atoms with Crippen molar-refractivity contribution in [3.63, 3.8) is 0 Å². The zero-order valence-corrected chi connectivity index (χ0v) is 23.0. The first-order chi connectivity index (χ1) is 20.1. The van der Waals surface area contributed by atoms with Crippen molar-refractivity contribution in [2.24, 2.45) is 5.92 Å². The van der Waals surface area contributed by atoms with Gasteiger partial charge in [-0.3, -0.25) is 24.5 Å². The van der Waals surface area contributed by atoms with Crippen LogP contribution in [0.15, 0.2) is 108 Å². The quantitative estimate of drug-likeness (QED) is 0.122. The molecule has 2 aliphatic rings. The fourth-order valence-corrected chi connectivity index (χ4v) is 6.13. The van der Waals surface area contributed by atoms with Gasteiger partial charge in [0.15, 0.2) is 6.10 Å². The number of fused-ring (bicyclic) bond motifs is 1. The summed E-state index contributed by atoms with van der Waals surface area (Å²) in [4.78, 5) is 45.2. The number of carbonyl (C=O) groups excluding carboxylic acids is 2. The van der Waals surface area contributed by atoms with E-state index >= 15 is 0 Å². The van der Waals surface area contributed by atoms with Crippen LogP contribution in [0.25, 0.3) is 0 Å². The summed E-state index contributed by atoms with van der Waals surface area (Å²) in [6, 6.07) is 24.5. The van der Waals surface area contributed by atoms with Crippen LogP contribution in [-0.4, -0.2) is 31.3 Å². The molecule has 4 aromatic carbocycles. The van der Waals surface area contributed by atoms with E-state index in [9.17, 15) is 28.1 Å². The number of halogens is 1. The minimum absolute atomic E-state index is 0.0182. The summed E-state index contributed by atoms with van der Waals surface area (Å²) in [7, 11) is -4.10. The van der Waals surface area contributed by atoms with Gasteiger partial charge in [-0.25, -0.2) is 9.96 Å². The molecule has 2 fully saturated rings. The molecule has 0 N–H and O–H groups in total. The third-order valence-electron chi connectivity index (χ3n) is 6.95. The summed E-state index contributed by atoms with van der Waals surface area (Å²) >= 11 is 5.98. The van der Waals surface area contributed by atoms with E-state index in [2.05, 4.69) is 0 Å². The second-order valence-corrected chi connectivity index (χ2v) is 11.5. The SMILES string of the molecule is O=C1[C@@H]2[C@@H](ON(c3cccc([N+](=O)[O-])c3)[C@H]2c2ccc(OS(=O)(=O)c3ccccc3)cc2)C(=O)N1c1ccc(Cl)cc1. The summed E-state index contributed by atoms with van der Waals surface area (Å²) in [6.45, 7) is 0. The average Bonchev–Trinajstić information content (AvgIpc) is 3.50. The summed E-state index contributed by atoms with van der Waals surface area (Å²) in [5.41, 5.74) is 0.858. The first-order valence-corrected chi connectivity index (χ1v) is 14.4. The van der Waals surface area contributed by atoms with E-state index in [1.54, 1.807) is 60.7 Å². The van der Waals surface area contributed by atoms with Gasteiger partial charge in [-0.05, 0) is 60.2 Å². The van der Waals surface area contributed by atoms with E-state index in [0.717, 1.165) is 4.90 Å². The minimum Gasteiger partial charge on any atom is -0.379 e. The van der Waals surface area contributed by atoms with E-state index in [1.165, 1.54) is 47.5 Å². The predicted octanol–water partition coefficient (Wildman–Crippen LogP) is 5.07. The van der Waals surface area contributed by atoms with Crippen LogP contribution >= 0.6 is 11.6 Å². The standard InChI is InChI=1S/C29H20ClN3O8S/c30-19-11-13-20(14-12-19)31-28(34)25-26(32(40-27(25)29(31)35)21-5-4-6-22(17-21)33(36)37)18-9-15-23(16-10-18)41-42(38,39)24-7-2-1-3-8-24/h1-17,25-27H/t25-,26-,27+/m0/s1. The second kappa shape index (κ2) is 10.6. The Morgan fingerprint density at radius 3 is 2.19 bits per heavy atom. The summed E-state index contributed by atoms with van der Waals surface area (Å²) in [5, 5.41) is 13.2. The highest BCUT2D eigenvalue weighted by Crippen LogP contribution is 2.48. The van der Waals surface area contributed by atoms with Gasteiger partial charge in [0, 0.05) is 17.2 Å². The summed E-state index contributed by atoms with van der Waals surface area (Å²) in [6.07, 6.45) is -1.22. The number of hydrogen-bond acceptors (Lipinski definition) is 9. The maximum atomic E-state index is 13.8. The first-order valence-electron chi connectivity index (χ1n) is 12.6. The van der Waals surface area contributed by atoms with Gasteiger partial charge >= 0.3 is 10.1 Å². The van der Waals surface area contributed by atoms with Gasteiger partial charge in [0.2, 0.25) is 5.91 Å². The summed E-state index contributed by atoms with van der Waals surface area (Å²) < 4.78 is 30.7. The molecule has 42 heavy (non-hydrogen) atoms. The zero-order valence-electron chi connectivity index (χ0n) is 21.4. The Bertz CT molecular complexity index is 1800. The van der Waals surface area contributed by atoms with E-state index in [4.69, 9.17) is 20.6 Å². The Labute approximate surface area is 244 Å². The lowest BCUT2D eigenvalue weighted by Crippen LogP contribution is -2.37. The van der Waals surface area contributed by atoms with Crippen molar-refractivity contribution < 1.29 is 32.0 Å². The van der Waals surface area contributed by atoms with Crippen molar-refractivity contribution in [2.75, 3.05) is 9.96 Å². The highest BCUT2D eigenvalue weighted by molar-refractivity contribution is 7.87. The van der Waals surface area contributed by atoms with Crippen molar-refractivity contribution >= 4 is 50.6 Å². The molecule has 13 heteroatoms. The maximum absolute atomic E-state index is 13.8. The minimum atomic E-state index is -4.10. The van der Waals surface area contributed by atoms with Gasteiger partial charge in [0.1, 0.15) is 16.6 Å². The number of nitro groups is 1. The Balaban J connectivity index is 1.37. The topological polar surface area (TPSA) is 136 Å². The molecule has 0 unspecified atom stereocenters. The molecule has 2 saturated heterocycles. The van der Waals surface area contributed by atoms with Crippen molar-refractivity contribution in [1.82, 2.24) is 0 Å². The van der Waals surface area contributed by atoms with E-state index in [1.807, 2.05) is 0 Å². The fourth-order valence-electron chi connectivity index (χ4n) is 5.05. The zero-order chi connectivity index (χ0) is 29.6. The number of nitrogens with zero attached hydrogens (tertiary/aromatic N) is 3. The molecule has 2 aliphatic heterocycles. The van der Waals surface area contributed by atoms with Crippen LogP contribution in [0.1, 0.15) is 11.6 Å². The molecule has 0 aliphatic carbocycles. The molecule has 3 atom stereocenters. The molecule has 0 radical (unpaired) electrons. The third-order valence-corrected chi connectivity index (χ3v) is 8.47. The van der Waals surface area contributed by atoms with Gasteiger partial charge in [0.25, 0.3) is 11.6 Å². The van der Waals surface area contributed by atoms with Crippen molar-refractivity contribution in [3.05, 3.63) is 124 Å². The number of anilines is 2. The van der Waals surface area contributed by atoms with Gasteiger partial charge < -0.3 is 4.18 Å². The molecule has 0 saturated carbocycles. The van der Waals surface area contributed by atoms with Gasteiger partial charge in [-0.15, -0.1) is 0 Å². The number of nitro benzene ring substituents is 1. The maximum Gasteiger partial charge on any atom is 0.339 e. The lowest BCUT2D eigenvalue weighted by Gasteiger charge is -2.28. The molecule has 212 valence electrons. The van der Waals surface area contributed by atoms with Crippen LogP contribution < -0.4 is 14.1 Å². The molecule has 2 amide bonds.